The van der Waals surface area contributed by atoms with Gasteiger partial charge in [-0.3, -0.25) is 4.79 Å². The molecule has 74 valence electrons. The van der Waals surface area contributed by atoms with Gasteiger partial charge in [-0.05, 0) is 36.4 Å². The summed E-state index contributed by atoms with van der Waals surface area (Å²) in [5.74, 6) is -0.0762. The second-order valence-corrected chi connectivity index (χ2v) is 3.10. The van der Waals surface area contributed by atoms with Crippen LogP contribution in [0.2, 0.25) is 0 Å². The van der Waals surface area contributed by atoms with E-state index in [0.29, 0.717) is 11.4 Å². The maximum atomic E-state index is 10.8. The molecule has 0 saturated heterocycles. The molecule has 1 aromatic carbocycles. The summed E-state index contributed by atoms with van der Waals surface area (Å²) in [7, 11) is 0. The number of hydrogen-bond acceptors (Lipinski definition) is 3. The van der Waals surface area contributed by atoms with Gasteiger partial charge in [-0.15, -0.1) is 5.75 Å². The number of allylic oxidation sites excluding steroid dienone is 4. The van der Waals surface area contributed by atoms with Crippen LogP contribution in [0.1, 0.15) is 0 Å². The van der Waals surface area contributed by atoms with Gasteiger partial charge in [0, 0.05) is 0 Å². The molecule has 0 unspecified atom stereocenters. The van der Waals surface area contributed by atoms with Crippen molar-refractivity contribution in [2.24, 2.45) is 4.99 Å². The van der Waals surface area contributed by atoms with Crippen LogP contribution in [0.25, 0.3) is 0 Å². The van der Waals surface area contributed by atoms with Crippen LogP contribution in [0.5, 0.6) is 5.75 Å². The van der Waals surface area contributed by atoms with Crippen molar-refractivity contribution in [3.05, 3.63) is 48.6 Å². The maximum Gasteiger partial charge on any atom is 0.178 e. The second kappa shape index (κ2) is 3.92. The molecule has 15 heavy (non-hydrogen) atoms. The Morgan fingerprint density at radius 2 is 1.53 bits per heavy atom. The molecule has 0 radical (unpaired) electrons. The van der Waals surface area contributed by atoms with E-state index in [1.54, 1.807) is 24.3 Å². The average molecular weight is 198 g/mol. The molecule has 1 aliphatic carbocycles. The van der Waals surface area contributed by atoms with E-state index in [1.807, 2.05) is 0 Å². The normalized spacial score (nSPS) is 14.4. The summed E-state index contributed by atoms with van der Waals surface area (Å²) < 4.78 is 0. The number of aliphatic imine (C=N–C) groups is 1. The second-order valence-electron chi connectivity index (χ2n) is 3.10. The molecule has 0 fully saturated rings. The molecule has 1 aliphatic rings. The molecule has 3 nitrogen and oxygen atoms in total. The molecule has 0 bridgehead atoms. The van der Waals surface area contributed by atoms with Crippen molar-refractivity contribution in [3.8, 4) is 5.75 Å². The number of hydrogen-bond donors (Lipinski definition) is 0. The van der Waals surface area contributed by atoms with Gasteiger partial charge >= 0.3 is 0 Å². The highest BCUT2D eigenvalue weighted by molar-refractivity contribution is 6.17. The van der Waals surface area contributed by atoms with Crippen LogP contribution in [0.15, 0.2) is 53.6 Å². The van der Waals surface area contributed by atoms with E-state index in [9.17, 15) is 9.90 Å². The largest absolute Gasteiger partial charge is 0.872 e. The third-order valence-electron chi connectivity index (χ3n) is 1.93. The Morgan fingerprint density at radius 1 is 0.933 bits per heavy atom. The summed E-state index contributed by atoms with van der Waals surface area (Å²) in [6, 6.07) is 6.21. The van der Waals surface area contributed by atoms with E-state index < -0.39 is 0 Å². The SMILES string of the molecule is O=C1C=CC(=Nc2ccc([O-])cc2)C=C1. The van der Waals surface area contributed by atoms with Gasteiger partial charge < -0.3 is 5.11 Å². The van der Waals surface area contributed by atoms with Crippen LogP contribution in [0.4, 0.5) is 5.69 Å². The van der Waals surface area contributed by atoms with E-state index in [1.165, 1.54) is 24.3 Å². The van der Waals surface area contributed by atoms with E-state index in [-0.39, 0.29) is 11.5 Å². The first-order chi connectivity index (χ1) is 7.24. The van der Waals surface area contributed by atoms with E-state index in [0.717, 1.165) is 0 Å². The average Bonchev–Trinajstić information content (AvgIpc) is 2.25. The Bertz CT molecular complexity index is 449. The lowest BCUT2D eigenvalue weighted by Crippen LogP contribution is -1.98. The lowest BCUT2D eigenvalue weighted by molar-refractivity contribution is -0.268. The minimum Gasteiger partial charge on any atom is -0.872 e. The number of rotatable bonds is 1. The summed E-state index contributed by atoms with van der Waals surface area (Å²) in [6.45, 7) is 0. The van der Waals surface area contributed by atoms with Crippen LogP contribution in [0.3, 0.4) is 0 Å². The fraction of sp³-hybridized carbons (Fsp3) is 0. The first kappa shape index (κ1) is 9.40. The first-order valence-electron chi connectivity index (χ1n) is 4.50. The lowest BCUT2D eigenvalue weighted by atomic mass is 10.1. The Balaban J connectivity index is 2.24. The predicted octanol–water partition coefficient (Wildman–Crippen LogP) is 1.53. The molecule has 3 heteroatoms. The molecule has 0 amide bonds. The van der Waals surface area contributed by atoms with E-state index in [2.05, 4.69) is 4.99 Å². The molecule has 1 aromatic rings. The van der Waals surface area contributed by atoms with Gasteiger partial charge in [-0.2, -0.15) is 0 Å². The molecule has 0 aliphatic heterocycles. The maximum absolute atomic E-state index is 10.8. The standard InChI is InChI=1S/C12H9NO2/c14-11-5-1-9(2-6-11)13-10-3-7-12(15)8-4-10/h1-8,14H/p-1. The minimum absolute atomic E-state index is 0.0381. The highest BCUT2D eigenvalue weighted by Crippen LogP contribution is 2.16. The van der Waals surface area contributed by atoms with Crippen LogP contribution >= 0.6 is 0 Å². The van der Waals surface area contributed by atoms with Crippen molar-refractivity contribution >= 4 is 17.2 Å². The number of ketones is 1. The number of carbonyl (C=O) groups excluding carboxylic acids is 1. The molecular formula is C12H8NO2-. The highest BCUT2D eigenvalue weighted by Gasteiger charge is 1.99. The third-order valence-corrected chi connectivity index (χ3v) is 1.93. The monoisotopic (exact) mass is 198 g/mol. The lowest BCUT2D eigenvalue weighted by Gasteiger charge is -2.04. The molecular weight excluding hydrogens is 190 g/mol. The number of carbonyl (C=O) groups is 1. The summed E-state index contributed by atoms with van der Waals surface area (Å²) in [5, 5.41) is 10.8. The van der Waals surface area contributed by atoms with Gasteiger partial charge in [0.2, 0.25) is 0 Å². The first-order valence-corrected chi connectivity index (χ1v) is 4.50. The van der Waals surface area contributed by atoms with Gasteiger partial charge in [-0.25, -0.2) is 4.99 Å². The quantitative estimate of drug-likeness (QED) is 0.642. The van der Waals surface area contributed by atoms with Gasteiger partial charge in [-0.1, -0.05) is 12.1 Å². The summed E-state index contributed by atoms with van der Waals surface area (Å²) in [5.41, 5.74) is 1.40. The summed E-state index contributed by atoms with van der Waals surface area (Å²) in [6.07, 6.45) is 6.21. The molecule has 0 saturated carbocycles. The summed E-state index contributed by atoms with van der Waals surface area (Å²) >= 11 is 0. The van der Waals surface area contributed by atoms with E-state index in [4.69, 9.17) is 0 Å². The Labute approximate surface area is 87.1 Å². The molecule has 0 aromatic heterocycles. The van der Waals surface area contributed by atoms with Crippen LogP contribution in [-0.4, -0.2) is 11.5 Å². The smallest absolute Gasteiger partial charge is 0.178 e. The zero-order chi connectivity index (χ0) is 10.7. The van der Waals surface area contributed by atoms with Crippen molar-refractivity contribution in [1.29, 1.82) is 0 Å². The molecule has 0 heterocycles. The zero-order valence-corrected chi connectivity index (χ0v) is 7.88. The molecule has 0 atom stereocenters. The molecule has 0 spiro atoms. The Hall–Kier alpha value is -2.16. The third kappa shape index (κ3) is 2.40. The molecule has 0 N–H and O–H groups in total. The van der Waals surface area contributed by atoms with Gasteiger partial charge in [0.1, 0.15) is 0 Å². The van der Waals surface area contributed by atoms with Gasteiger partial charge in [0.05, 0.1) is 11.4 Å². The fourth-order valence-electron chi connectivity index (χ4n) is 1.19. The zero-order valence-electron chi connectivity index (χ0n) is 7.88. The van der Waals surface area contributed by atoms with Crippen LogP contribution in [0, 0.1) is 0 Å². The minimum atomic E-state index is -0.0381. The summed E-state index contributed by atoms with van der Waals surface area (Å²) in [4.78, 5) is 15.1. The topological polar surface area (TPSA) is 52.5 Å². The Kier molecular flexibility index (Phi) is 2.46. The van der Waals surface area contributed by atoms with Gasteiger partial charge in [0.25, 0.3) is 0 Å². The Morgan fingerprint density at radius 3 is 2.13 bits per heavy atom. The number of nitrogens with zero attached hydrogens (tertiary/aromatic N) is 1. The van der Waals surface area contributed by atoms with Crippen molar-refractivity contribution in [2.75, 3.05) is 0 Å². The van der Waals surface area contributed by atoms with Crippen LogP contribution < -0.4 is 5.11 Å². The van der Waals surface area contributed by atoms with Gasteiger partial charge in [0.15, 0.2) is 5.78 Å². The molecule has 2 rings (SSSR count). The fourth-order valence-corrected chi connectivity index (χ4v) is 1.19. The van der Waals surface area contributed by atoms with E-state index >= 15 is 0 Å². The van der Waals surface area contributed by atoms with Crippen molar-refractivity contribution in [1.82, 2.24) is 0 Å². The highest BCUT2D eigenvalue weighted by atomic mass is 16.3. The van der Waals surface area contributed by atoms with Crippen molar-refractivity contribution in [2.45, 2.75) is 0 Å². The van der Waals surface area contributed by atoms with Crippen molar-refractivity contribution in [3.63, 3.8) is 0 Å². The predicted molar refractivity (Wildman–Crippen MR) is 56.3 cm³/mol. The number of benzene rings is 1. The van der Waals surface area contributed by atoms with Crippen molar-refractivity contribution < 1.29 is 9.90 Å². The van der Waals surface area contributed by atoms with Crippen LogP contribution in [-0.2, 0) is 4.79 Å².